The van der Waals surface area contributed by atoms with Crippen molar-refractivity contribution < 1.29 is 0 Å². The molecular weight excluding hydrogens is 454 g/mol. The largest absolute Gasteiger partial charge is 0.355 e. The fourth-order valence-electron chi connectivity index (χ4n) is 6.37. The normalized spacial score (nSPS) is 20.2. The van der Waals surface area contributed by atoms with Crippen LogP contribution in [0.5, 0.6) is 0 Å². The average Bonchev–Trinajstić information content (AvgIpc) is 3.31. The van der Waals surface area contributed by atoms with Gasteiger partial charge in [0.15, 0.2) is 0 Å². The predicted octanol–water partition coefficient (Wildman–Crippen LogP) is 5.51. The summed E-state index contributed by atoms with van der Waals surface area (Å²) >= 11 is 6.39. The maximum atomic E-state index is 6.99. The van der Waals surface area contributed by atoms with E-state index in [9.17, 15) is 0 Å². The van der Waals surface area contributed by atoms with Gasteiger partial charge in [0.05, 0.1) is 28.3 Å². The molecule has 174 valence electrons. The fraction of sp³-hybridized carbons (Fsp3) is 0.276. The molecule has 2 aromatic heterocycles. The second-order valence-electron chi connectivity index (χ2n) is 10.0. The summed E-state index contributed by atoms with van der Waals surface area (Å²) < 4.78 is 0. The van der Waals surface area contributed by atoms with Gasteiger partial charge < -0.3 is 10.6 Å². The SMILES string of the molecule is N[C@@H]1c2cccc3cccc(c23)CC12CCN(c1cnc3c(n1)CC=C3c1ncccc1Cl)CC2. The molecule has 6 heteroatoms. The van der Waals surface area contributed by atoms with Crippen molar-refractivity contribution in [1.82, 2.24) is 15.0 Å². The second-order valence-corrected chi connectivity index (χ2v) is 10.5. The molecule has 1 aliphatic heterocycles. The van der Waals surface area contributed by atoms with Crippen molar-refractivity contribution in [2.75, 3.05) is 18.0 Å². The van der Waals surface area contributed by atoms with Gasteiger partial charge in [-0.25, -0.2) is 4.98 Å². The van der Waals surface area contributed by atoms with Gasteiger partial charge in [0.2, 0.25) is 0 Å². The van der Waals surface area contributed by atoms with Crippen LogP contribution < -0.4 is 10.6 Å². The van der Waals surface area contributed by atoms with Gasteiger partial charge in [-0.15, -0.1) is 0 Å². The highest BCUT2D eigenvalue weighted by atomic mass is 35.5. The number of fused-ring (bicyclic) bond motifs is 1. The lowest BCUT2D eigenvalue weighted by Gasteiger charge is -2.48. The molecular formula is C29H26ClN5. The second kappa shape index (κ2) is 7.87. The smallest absolute Gasteiger partial charge is 0.147 e. The van der Waals surface area contributed by atoms with E-state index in [4.69, 9.17) is 27.3 Å². The van der Waals surface area contributed by atoms with Crippen LogP contribution >= 0.6 is 11.6 Å². The number of piperidine rings is 1. The number of nitrogens with zero attached hydrogens (tertiary/aromatic N) is 4. The van der Waals surface area contributed by atoms with E-state index in [2.05, 4.69) is 52.4 Å². The lowest BCUT2D eigenvalue weighted by molar-refractivity contribution is 0.163. The molecule has 2 aliphatic carbocycles. The van der Waals surface area contributed by atoms with Crippen LogP contribution in [0.4, 0.5) is 5.82 Å². The summed E-state index contributed by atoms with van der Waals surface area (Å²) in [5.74, 6) is 0.951. The molecule has 7 rings (SSSR count). The Bertz CT molecular complexity index is 1500. The molecule has 0 bridgehead atoms. The molecule has 1 atom stereocenters. The number of allylic oxidation sites excluding steroid dienone is 1. The van der Waals surface area contributed by atoms with Crippen LogP contribution in [0.1, 0.15) is 47.1 Å². The molecule has 0 radical (unpaired) electrons. The van der Waals surface area contributed by atoms with Crippen LogP contribution in [0.2, 0.25) is 5.02 Å². The Labute approximate surface area is 209 Å². The average molecular weight is 480 g/mol. The Kier molecular flexibility index (Phi) is 4.73. The number of aromatic nitrogens is 3. The lowest BCUT2D eigenvalue weighted by Crippen LogP contribution is -2.48. The number of pyridine rings is 1. The van der Waals surface area contributed by atoms with Crippen molar-refractivity contribution in [3.8, 4) is 0 Å². The summed E-state index contributed by atoms with van der Waals surface area (Å²) in [6.45, 7) is 1.87. The summed E-state index contributed by atoms with van der Waals surface area (Å²) in [7, 11) is 0. The molecule has 2 N–H and O–H groups in total. The third kappa shape index (κ3) is 3.22. The predicted molar refractivity (Wildman–Crippen MR) is 141 cm³/mol. The topological polar surface area (TPSA) is 67.9 Å². The lowest BCUT2D eigenvalue weighted by atomic mass is 9.63. The van der Waals surface area contributed by atoms with E-state index in [1.54, 1.807) is 6.20 Å². The molecule has 5 nitrogen and oxygen atoms in total. The number of hydrogen-bond acceptors (Lipinski definition) is 5. The highest BCUT2D eigenvalue weighted by Crippen LogP contribution is 2.50. The highest BCUT2D eigenvalue weighted by Gasteiger charge is 2.44. The summed E-state index contributed by atoms with van der Waals surface area (Å²) in [5, 5.41) is 3.31. The number of hydrogen-bond donors (Lipinski definition) is 1. The monoisotopic (exact) mass is 479 g/mol. The quantitative estimate of drug-likeness (QED) is 0.410. The van der Waals surface area contributed by atoms with Crippen molar-refractivity contribution in [3.63, 3.8) is 0 Å². The molecule has 35 heavy (non-hydrogen) atoms. The van der Waals surface area contributed by atoms with Crippen LogP contribution in [-0.2, 0) is 12.8 Å². The minimum atomic E-state index is 0.0595. The van der Waals surface area contributed by atoms with Crippen LogP contribution in [0.25, 0.3) is 16.3 Å². The Hall–Kier alpha value is -3.28. The number of nitrogens with two attached hydrogens (primary N) is 1. The van der Waals surface area contributed by atoms with E-state index in [0.717, 1.165) is 67.2 Å². The molecule has 2 aromatic carbocycles. The van der Waals surface area contributed by atoms with Crippen LogP contribution in [-0.4, -0.2) is 28.0 Å². The van der Waals surface area contributed by atoms with Crippen molar-refractivity contribution in [1.29, 1.82) is 0 Å². The zero-order valence-corrected chi connectivity index (χ0v) is 20.2. The van der Waals surface area contributed by atoms with E-state index >= 15 is 0 Å². The molecule has 1 fully saturated rings. The van der Waals surface area contributed by atoms with Gasteiger partial charge in [-0.1, -0.05) is 54.1 Å². The van der Waals surface area contributed by atoms with Gasteiger partial charge in [0, 0.05) is 37.3 Å². The summed E-state index contributed by atoms with van der Waals surface area (Å²) in [6, 6.07) is 17.0. The first kappa shape index (κ1) is 21.0. The molecule has 0 saturated carbocycles. The van der Waals surface area contributed by atoms with Crippen molar-refractivity contribution in [2.24, 2.45) is 11.1 Å². The molecule has 0 amide bonds. The summed E-state index contributed by atoms with van der Waals surface area (Å²) in [5.41, 5.74) is 13.5. The first-order valence-electron chi connectivity index (χ1n) is 12.3. The number of anilines is 1. The number of rotatable bonds is 2. The molecule has 1 spiro atoms. The Morgan fingerprint density at radius 1 is 0.971 bits per heavy atom. The van der Waals surface area contributed by atoms with E-state index in [1.807, 2.05) is 18.3 Å². The van der Waals surface area contributed by atoms with Crippen molar-refractivity contribution >= 4 is 33.8 Å². The zero-order valence-electron chi connectivity index (χ0n) is 19.4. The Morgan fingerprint density at radius 3 is 2.63 bits per heavy atom. The van der Waals surface area contributed by atoms with Gasteiger partial charge in [0.1, 0.15) is 5.82 Å². The van der Waals surface area contributed by atoms with Gasteiger partial charge >= 0.3 is 0 Å². The third-order valence-corrected chi connectivity index (χ3v) is 8.55. The Morgan fingerprint density at radius 2 is 1.80 bits per heavy atom. The molecule has 3 aliphatic rings. The van der Waals surface area contributed by atoms with E-state index in [1.165, 1.54) is 21.9 Å². The van der Waals surface area contributed by atoms with E-state index in [-0.39, 0.29) is 11.5 Å². The minimum Gasteiger partial charge on any atom is -0.355 e. The van der Waals surface area contributed by atoms with Gasteiger partial charge in [0.25, 0.3) is 0 Å². The molecule has 0 unspecified atom stereocenters. The summed E-state index contributed by atoms with van der Waals surface area (Å²) in [6.07, 6.45) is 9.69. The first-order valence-corrected chi connectivity index (χ1v) is 12.7. The number of benzene rings is 2. The zero-order chi connectivity index (χ0) is 23.6. The molecule has 1 saturated heterocycles. The molecule has 4 aromatic rings. The standard InChI is InChI=1S/C29H26ClN5/c30-22-8-3-13-32-26(22)21-9-10-23-27(21)33-17-24(34-23)35-14-11-29(12-15-35)16-19-6-1-4-18-5-2-7-20(25(18)19)28(29)31/h1-9,13,17,28H,10-12,14-16,31H2/t28-/m1/s1. The highest BCUT2D eigenvalue weighted by molar-refractivity contribution is 6.32. The maximum Gasteiger partial charge on any atom is 0.147 e. The van der Waals surface area contributed by atoms with E-state index < -0.39 is 0 Å². The minimum absolute atomic E-state index is 0.0595. The van der Waals surface area contributed by atoms with Crippen molar-refractivity contribution in [3.05, 3.63) is 100 Å². The van der Waals surface area contributed by atoms with Gasteiger partial charge in [-0.3, -0.25) is 9.97 Å². The van der Waals surface area contributed by atoms with Crippen molar-refractivity contribution in [2.45, 2.75) is 31.7 Å². The van der Waals surface area contributed by atoms with E-state index in [0.29, 0.717) is 5.02 Å². The van der Waals surface area contributed by atoms with Crippen LogP contribution in [0.15, 0.2) is 67.0 Å². The third-order valence-electron chi connectivity index (χ3n) is 8.24. The van der Waals surface area contributed by atoms with Crippen LogP contribution in [0, 0.1) is 5.41 Å². The molecule has 3 heterocycles. The maximum absolute atomic E-state index is 6.99. The fourth-order valence-corrected chi connectivity index (χ4v) is 6.59. The van der Waals surface area contributed by atoms with Gasteiger partial charge in [-0.05, 0) is 58.7 Å². The first-order chi connectivity index (χ1) is 17.1. The number of halogens is 1. The van der Waals surface area contributed by atoms with Gasteiger partial charge in [-0.2, -0.15) is 0 Å². The summed E-state index contributed by atoms with van der Waals surface area (Å²) in [4.78, 5) is 16.7. The Balaban J connectivity index is 1.13. The van der Waals surface area contributed by atoms with Crippen LogP contribution in [0.3, 0.4) is 0 Å².